The van der Waals surface area contributed by atoms with Gasteiger partial charge in [0.1, 0.15) is 5.75 Å². The number of fused-ring (bicyclic) bond motifs is 1. The first-order valence-corrected chi connectivity index (χ1v) is 5.91. The van der Waals surface area contributed by atoms with Gasteiger partial charge in [0, 0.05) is 0 Å². The molecule has 1 heterocycles. The third-order valence-electron chi connectivity index (χ3n) is 2.90. The second-order valence-corrected chi connectivity index (χ2v) is 4.22. The zero-order valence-corrected chi connectivity index (χ0v) is 10.4. The highest BCUT2D eigenvalue weighted by Gasteiger charge is 2.17. The lowest BCUT2D eigenvalue weighted by atomic mass is 10.2. The molecule has 2 aromatic rings. The lowest BCUT2D eigenvalue weighted by Crippen LogP contribution is -2.09. The molecule has 0 unspecified atom stereocenters. The Balaban J connectivity index is 1.83. The van der Waals surface area contributed by atoms with Crippen LogP contribution in [0, 0.1) is 6.92 Å². The van der Waals surface area contributed by atoms with E-state index in [1.807, 2.05) is 25.1 Å². The predicted molar refractivity (Wildman–Crippen MR) is 68.7 cm³/mol. The maximum atomic E-state index is 12.0. The van der Waals surface area contributed by atoms with Gasteiger partial charge in [-0.25, -0.2) is 4.79 Å². The van der Waals surface area contributed by atoms with Crippen molar-refractivity contribution in [2.24, 2.45) is 0 Å². The number of hydrogen-bond acceptors (Lipinski definition) is 4. The van der Waals surface area contributed by atoms with E-state index in [0.717, 1.165) is 5.56 Å². The number of para-hydroxylation sites is 1. The van der Waals surface area contributed by atoms with Gasteiger partial charge in [0.25, 0.3) is 0 Å². The lowest BCUT2D eigenvalue weighted by molar-refractivity contribution is 0.0733. The van der Waals surface area contributed by atoms with Gasteiger partial charge in [0.05, 0.1) is 5.56 Å². The van der Waals surface area contributed by atoms with Crippen LogP contribution in [-0.4, -0.2) is 12.8 Å². The summed E-state index contributed by atoms with van der Waals surface area (Å²) in [4.78, 5) is 12.0. The number of aryl methyl sites for hydroxylation is 1. The molecular weight excluding hydrogens is 244 g/mol. The van der Waals surface area contributed by atoms with Crippen LogP contribution in [0.15, 0.2) is 42.5 Å². The summed E-state index contributed by atoms with van der Waals surface area (Å²) in [6.07, 6.45) is 0. The van der Waals surface area contributed by atoms with E-state index >= 15 is 0 Å². The van der Waals surface area contributed by atoms with Crippen molar-refractivity contribution in [3.8, 4) is 17.2 Å². The van der Waals surface area contributed by atoms with Gasteiger partial charge < -0.3 is 14.2 Å². The first-order valence-electron chi connectivity index (χ1n) is 5.91. The molecule has 1 aliphatic rings. The summed E-state index contributed by atoms with van der Waals surface area (Å²) in [6.45, 7) is 2.08. The molecule has 0 saturated heterocycles. The molecule has 4 heteroatoms. The Hall–Kier alpha value is -2.49. The van der Waals surface area contributed by atoms with E-state index in [-0.39, 0.29) is 6.79 Å². The second-order valence-electron chi connectivity index (χ2n) is 4.22. The third-order valence-corrected chi connectivity index (χ3v) is 2.90. The van der Waals surface area contributed by atoms with Crippen molar-refractivity contribution in [3.63, 3.8) is 0 Å². The van der Waals surface area contributed by atoms with Crippen molar-refractivity contribution >= 4 is 5.97 Å². The quantitative estimate of drug-likeness (QED) is 0.612. The fourth-order valence-electron chi connectivity index (χ4n) is 1.85. The van der Waals surface area contributed by atoms with E-state index in [0.29, 0.717) is 22.8 Å². The van der Waals surface area contributed by atoms with E-state index < -0.39 is 5.97 Å². The van der Waals surface area contributed by atoms with Crippen molar-refractivity contribution in [1.29, 1.82) is 0 Å². The van der Waals surface area contributed by atoms with Crippen molar-refractivity contribution in [1.82, 2.24) is 0 Å². The van der Waals surface area contributed by atoms with Crippen LogP contribution in [0.1, 0.15) is 15.9 Å². The molecule has 0 N–H and O–H groups in total. The lowest BCUT2D eigenvalue weighted by Gasteiger charge is -2.07. The van der Waals surface area contributed by atoms with Gasteiger partial charge >= 0.3 is 5.97 Å². The smallest absolute Gasteiger partial charge is 0.343 e. The Kier molecular flexibility index (Phi) is 2.83. The summed E-state index contributed by atoms with van der Waals surface area (Å²) >= 11 is 0. The SMILES string of the molecule is Cc1ccccc1OC(=O)c1ccc2c(c1)OCO2. The van der Waals surface area contributed by atoms with Gasteiger partial charge in [-0.1, -0.05) is 18.2 Å². The molecule has 3 rings (SSSR count). The highest BCUT2D eigenvalue weighted by Crippen LogP contribution is 2.32. The van der Waals surface area contributed by atoms with Gasteiger partial charge in [-0.15, -0.1) is 0 Å². The van der Waals surface area contributed by atoms with Crippen LogP contribution in [0.4, 0.5) is 0 Å². The van der Waals surface area contributed by atoms with E-state index in [4.69, 9.17) is 14.2 Å². The highest BCUT2D eigenvalue weighted by molar-refractivity contribution is 5.92. The van der Waals surface area contributed by atoms with E-state index in [2.05, 4.69) is 0 Å². The Labute approximate surface area is 110 Å². The monoisotopic (exact) mass is 256 g/mol. The van der Waals surface area contributed by atoms with Crippen molar-refractivity contribution < 1.29 is 19.0 Å². The largest absolute Gasteiger partial charge is 0.454 e. The van der Waals surface area contributed by atoms with Crippen LogP contribution in [-0.2, 0) is 0 Å². The summed E-state index contributed by atoms with van der Waals surface area (Å²) in [5.74, 6) is 1.37. The summed E-state index contributed by atoms with van der Waals surface area (Å²) in [5, 5.41) is 0. The van der Waals surface area contributed by atoms with Gasteiger partial charge in [-0.05, 0) is 36.8 Å². The number of carbonyl (C=O) groups excluding carboxylic acids is 1. The van der Waals surface area contributed by atoms with Crippen LogP contribution in [0.5, 0.6) is 17.2 Å². The van der Waals surface area contributed by atoms with Crippen LogP contribution in [0.2, 0.25) is 0 Å². The molecule has 0 amide bonds. The van der Waals surface area contributed by atoms with Crippen molar-refractivity contribution in [3.05, 3.63) is 53.6 Å². The first kappa shape index (κ1) is 11.6. The molecule has 0 radical (unpaired) electrons. The predicted octanol–water partition coefficient (Wildman–Crippen LogP) is 2.94. The second kappa shape index (κ2) is 4.65. The zero-order valence-electron chi connectivity index (χ0n) is 10.4. The van der Waals surface area contributed by atoms with Gasteiger partial charge in [-0.3, -0.25) is 0 Å². The highest BCUT2D eigenvalue weighted by atomic mass is 16.7. The molecular formula is C15H12O4. The molecule has 2 aromatic carbocycles. The molecule has 0 aromatic heterocycles. The van der Waals surface area contributed by atoms with Crippen molar-refractivity contribution in [2.75, 3.05) is 6.79 Å². The minimum Gasteiger partial charge on any atom is -0.454 e. The number of carbonyl (C=O) groups is 1. The third kappa shape index (κ3) is 2.25. The Morgan fingerprint density at radius 3 is 2.74 bits per heavy atom. The molecule has 4 nitrogen and oxygen atoms in total. The maximum absolute atomic E-state index is 12.0. The van der Waals surface area contributed by atoms with Crippen molar-refractivity contribution in [2.45, 2.75) is 6.92 Å². The van der Waals surface area contributed by atoms with Crippen LogP contribution in [0.3, 0.4) is 0 Å². The molecule has 0 saturated carbocycles. The fraction of sp³-hybridized carbons (Fsp3) is 0.133. The Bertz CT molecular complexity index is 634. The molecule has 0 bridgehead atoms. The van der Waals surface area contributed by atoms with E-state index in [1.165, 1.54) is 0 Å². The standard InChI is InChI=1S/C15H12O4/c1-10-4-2-3-5-12(10)19-15(16)11-6-7-13-14(8-11)18-9-17-13/h2-8H,9H2,1H3. The number of benzene rings is 2. The topological polar surface area (TPSA) is 44.8 Å². The minimum absolute atomic E-state index is 0.186. The molecule has 0 fully saturated rings. The molecule has 19 heavy (non-hydrogen) atoms. The molecule has 0 atom stereocenters. The van der Waals surface area contributed by atoms with Gasteiger partial charge in [0.2, 0.25) is 6.79 Å². The fourth-order valence-corrected chi connectivity index (χ4v) is 1.85. The number of hydrogen-bond donors (Lipinski definition) is 0. The van der Waals surface area contributed by atoms with Crippen LogP contribution >= 0.6 is 0 Å². The number of rotatable bonds is 2. The summed E-state index contributed by atoms with van der Waals surface area (Å²) in [5.41, 5.74) is 1.35. The summed E-state index contributed by atoms with van der Waals surface area (Å²) < 4.78 is 15.8. The molecule has 1 aliphatic heterocycles. The molecule has 0 aliphatic carbocycles. The van der Waals surface area contributed by atoms with E-state index in [9.17, 15) is 4.79 Å². The number of ether oxygens (including phenoxy) is 3. The van der Waals surface area contributed by atoms with Gasteiger partial charge in [0.15, 0.2) is 11.5 Å². The van der Waals surface area contributed by atoms with Crippen LogP contribution < -0.4 is 14.2 Å². The Morgan fingerprint density at radius 2 is 1.89 bits per heavy atom. The summed E-state index contributed by atoms with van der Waals surface area (Å²) in [7, 11) is 0. The maximum Gasteiger partial charge on any atom is 0.343 e. The number of esters is 1. The average molecular weight is 256 g/mol. The summed E-state index contributed by atoms with van der Waals surface area (Å²) in [6, 6.07) is 12.4. The molecule has 0 spiro atoms. The average Bonchev–Trinajstić information content (AvgIpc) is 2.88. The van der Waals surface area contributed by atoms with E-state index in [1.54, 1.807) is 24.3 Å². The zero-order chi connectivity index (χ0) is 13.2. The van der Waals surface area contributed by atoms with Crippen LogP contribution in [0.25, 0.3) is 0 Å². The minimum atomic E-state index is -0.410. The molecule has 96 valence electrons. The van der Waals surface area contributed by atoms with Gasteiger partial charge in [-0.2, -0.15) is 0 Å². The normalized spacial score (nSPS) is 12.3. The Morgan fingerprint density at radius 1 is 1.11 bits per heavy atom. The first-order chi connectivity index (χ1) is 9.24.